The lowest BCUT2D eigenvalue weighted by molar-refractivity contribution is 0.155. The molecule has 1 aliphatic heterocycles. The van der Waals surface area contributed by atoms with Crippen LogP contribution in [0.5, 0.6) is 0 Å². The third kappa shape index (κ3) is 3.70. The van der Waals surface area contributed by atoms with E-state index in [-0.39, 0.29) is 6.03 Å². The summed E-state index contributed by atoms with van der Waals surface area (Å²) in [5.41, 5.74) is 4.70. The van der Waals surface area contributed by atoms with Gasteiger partial charge < -0.3 is 19.7 Å². The van der Waals surface area contributed by atoms with Gasteiger partial charge in [0.25, 0.3) is 0 Å². The van der Waals surface area contributed by atoms with Crippen LogP contribution in [0.15, 0.2) is 59.4 Å². The van der Waals surface area contributed by atoms with Crippen LogP contribution in [0.3, 0.4) is 0 Å². The first-order valence-electron chi connectivity index (χ1n) is 10.1. The van der Waals surface area contributed by atoms with Gasteiger partial charge in [-0.3, -0.25) is 0 Å². The van der Waals surface area contributed by atoms with Crippen molar-refractivity contribution in [2.45, 2.75) is 25.9 Å². The lowest BCUT2D eigenvalue weighted by atomic mass is 10.0. The van der Waals surface area contributed by atoms with E-state index in [1.165, 1.54) is 0 Å². The zero-order valence-corrected chi connectivity index (χ0v) is 17.2. The summed E-state index contributed by atoms with van der Waals surface area (Å²) in [6, 6.07) is 15.9. The molecule has 9 nitrogen and oxygen atoms in total. The number of aromatic nitrogens is 4. The van der Waals surface area contributed by atoms with Gasteiger partial charge >= 0.3 is 6.03 Å². The number of carbonyl (C=O) groups excluding carboxylic acids is 1. The number of nitrogens with zero attached hydrogens (tertiary/aromatic N) is 5. The van der Waals surface area contributed by atoms with E-state index in [0.29, 0.717) is 35.9 Å². The predicted octanol–water partition coefficient (Wildman–Crippen LogP) is 3.97. The number of fused-ring (bicyclic) bond motifs is 1. The summed E-state index contributed by atoms with van der Waals surface area (Å²) < 4.78 is 5.58. The van der Waals surface area contributed by atoms with Crippen LogP contribution in [-0.2, 0) is 13.0 Å². The summed E-state index contributed by atoms with van der Waals surface area (Å²) in [7, 11) is 0. The van der Waals surface area contributed by atoms with Crippen molar-refractivity contribution in [1.82, 2.24) is 25.0 Å². The van der Waals surface area contributed by atoms with Crippen LogP contribution in [-0.4, -0.2) is 31.0 Å². The maximum absolute atomic E-state index is 13.2. The summed E-state index contributed by atoms with van der Waals surface area (Å²) in [4.78, 5) is 26.9. The van der Waals surface area contributed by atoms with Crippen LogP contribution < -0.4 is 5.32 Å². The fraction of sp³-hybridized carbons (Fsp3) is 0.174. The lowest BCUT2D eigenvalue weighted by Crippen LogP contribution is -2.41. The van der Waals surface area contributed by atoms with E-state index >= 15 is 0 Å². The van der Waals surface area contributed by atoms with Gasteiger partial charge in [-0.1, -0.05) is 41.1 Å². The molecule has 0 radical (unpaired) electrons. The first-order valence-corrected chi connectivity index (χ1v) is 10.1. The number of benzene rings is 2. The molecule has 5 rings (SSSR count). The van der Waals surface area contributed by atoms with Crippen molar-refractivity contribution in [3.8, 4) is 17.5 Å². The van der Waals surface area contributed by atoms with Crippen molar-refractivity contribution >= 4 is 11.7 Å². The third-order valence-corrected chi connectivity index (χ3v) is 5.44. The Bertz CT molecular complexity index is 1320. The molecule has 0 saturated heterocycles. The molecule has 0 saturated carbocycles. The highest BCUT2D eigenvalue weighted by molar-refractivity contribution is 5.90. The van der Waals surface area contributed by atoms with E-state index in [0.717, 1.165) is 22.5 Å². The number of amides is 2. The number of imidazole rings is 1. The Morgan fingerprint density at radius 1 is 1.28 bits per heavy atom. The number of nitrogens with one attached hydrogen (secondary N) is 2. The highest BCUT2D eigenvalue weighted by atomic mass is 16.5. The first kappa shape index (κ1) is 19.5. The number of rotatable bonds is 3. The molecule has 0 spiro atoms. The average Bonchev–Trinajstić information content (AvgIpc) is 3.48. The number of aryl methyl sites for hydroxylation is 1. The minimum Gasteiger partial charge on any atom is -0.347 e. The van der Waals surface area contributed by atoms with Crippen LogP contribution >= 0.6 is 0 Å². The Balaban J connectivity index is 1.44. The van der Waals surface area contributed by atoms with E-state index in [9.17, 15) is 4.79 Å². The second kappa shape index (κ2) is 8.00. The molecule has 158 valence electrons. The normalized spacial score (nSPS) is 15.1. The first-order chi connectivity index (χ1) is 15.6. The maximum atomic E-state index is 13.2. The minimum atomic E-state index is -0.475. The summed E-state index contributed by atoms with van der Waals surface area (Å²) in [6.45, 7) is 2.32. The SMILES string of the molecule is Cc1ccc(-c2noc([C@@H]3Cc4nc[nH]c4CN3C(=O)Nc3cccc(C#N)c3)n2)cc1. The predicted molar refractivity (Wildman–Crippen MR) is 115 cm³/mol. The molecule has 2 N–H and O–H groups in total. The Labute approximate surface area is 183 Å². The van der Waals surface area contributed by atoms with E-state index < -0.39 is 6.04 Å². The zero-order valence-electron chi connectivity index (χ0n) is 17.2. The van der Waals surface area contributed by atoms with Gasteiger partial charge in [0.15, 0.2) is 0 Å². The standard InChI is InChI=1S/C23H19N7O2/c1-14-5-7-16(8-6-14)21-28-22(32-29-21)20-10-18-19(26-13-25-18)12-30(20)23(31)27-17-4-2-3-15(9-17)11-24/h2-9,13,20H,10,12H2,1H3,(H,25,26)(H,27,31)/t20-/m0/s1. The highest BCUT2D eigenvalue weighted by Gasteiger charge is 2.36. The van der Waals surface area contributed by atoms with Crippen LogP contribution in [0.2, 0.25) is 0 Å². The largest absolute Gasteiger partial charge is 0.347 e. The molecular weight excluding hydrogens is 406 g/mol. The molecular formula is C23H19N7O2. The second-order valence-corrected chi connectivity index (χ2v) is 7.62. The molecule has 0 aliphatic carbocycles. The second-order valence-electron chi connectivity index (χ2n) is 7.62. The number of nitriles is 1. The molecule has 2 aromatic heterocycles. The van der Waals surface area contributed by atoms with Gasteiger partial charge in [0.1, 0.15) is 6.04 Å². The number of aromatic amines is 1. The Morgan fingerprint density at radius 3 is 2.94 bits per heavy atom. The molecule has 0 bridgehead atoms. The number of H-pyrrole nitrogens is 1. The number of urea groups is 1. The fourth-order valence-electron chi connectivity index (χ4n) is 3.72. The van der Waals surface area contributed by atoms with E-state index in [1.54, 1.807) is 35.5 Å². The molecule has 1 aliphatic rings. The van der Waals surface area contributed by atoms with Crippen molar-refractivity contribution in [1.29, 1.82) is 5.26 Å². The Hall–Kier alpha value is -4.45. The van der Waals surface area contributed by atoms with E-state index in [2.05, 4.69) is 31.5 Å². The quantitative estimate of drug-likeness (QED) is 0.512. The molecule has 0 unspecified atom stereocenters. The van der Waals surface area contributed by atoms with Gasteiger partial charge in [0.2, 0.25) is 11.7 Å². The molecule has 1 atom stereocenters. The molecule has 9 heteroatoms. The van der Waals surface area contributed by atoms with Crippen molar-refractivity contribution < 1.29 is 9.32 Å². The summed E-state index contributed by atoms with van der Waals surface area (Å²) in [6.07, 6.45) is 2.06. The Morgan fingerprint density at radius 2 is 2.12 bits per heavy atom. The summed E-state index contributed by atoms with van der Waals surface area (Å²) >= 11 is 0. The van der Waals surface area contributed by atoms with E-state index in [4.69, 9.17) is 9.78 Å². The van der Waals surface area contributed by atoms with Gasteiger partial charge in [0, 0.05) is 17.7 Å². The van der Waals surface area contributed by atoms with Crippen LogP contribution in [0.25, 0.3) is 11.4 Å². The lowest BCUT2D eigenvalue weighted by Gasteiger charge is -2.32. The fourth-order valence-corrected chi connectivity index (χ4v) is 3.72. The topological polar surface area (TPSA) is 124 Å². The van der Waals surface area contributed by atoms with Crippen LogP contribution in [0.1, 0.15) is 34.4 Å². The molecule has 32 heavy (non-hydrogen) atoms. The minimum absolute atomic E-state index is 0.312. The third-order valence-electron chi connectivity index (χ3n) is 5.44. The van der Waals surface area contributed by atoms with Crippen LogP contribution in [0.4, 0.5) is 10.5 Å². The van der Waals surface area contributed by atoms with Crippen molar-refractivity contribution in [2.75, 3.05) is 5.32 Å². The Kier molecular flexibility index (Phi) is 4.88. The smallest absolute Gasteiger partial charge is 0.322 e. The van der Waals surface area contributed by atoms with Crippen LogP contribution in [0, 0.1) is 18.3 Å². The van der Waals surface area contributed by atoms with Crippen molar-refractivity contribution in [3.05, 3.63) is 83.3 Å². The highest BCUT2D eigenvalue weighted by Crippen LogP contribution is 2.32. The summed E-state index contributed by atoms with van der Waals surface area (Å²) in [5, 5.41) is 16.1. The number of hydrogen-bond donors (Lipinski definition) is 2. The van der Waals surface area contributed by atoms with Crippen molar-refractivity contribution in [3.63, 3.8) is 0 Å². The van der Waals surface area contributed by atoms with Crippen molar-refractivity contribution in [2.24, 2.45) is 0 Å². The average molecular weight is 425 g/mol. The zero-order chi connectivity index (χ0) is 22.1. The molecule has 4 aromatic rings. The molecule has 3 heterocycles. The number of hydrogen-bond acceptors (Lipinski definition) is 6. The number of anilines is 1. The van der Waals surface area contributed by atoms with Gasteiger partial charge in [0.05, 0.1) is 35.9 Å². The van der Waals surface area contributed by atoms with Gasteiger partial charge in [-0.2, -0.15) is 10.2 Å². The molecule has 0 fully saturated rings. The molecule has 2 amide bonds. The van der Waals surface area contributed by atoms with E-state index in [1.807, 2.05) is 31.2 Å². The van der Waals surface area contributed by atoms with Gasteiger partial charge in [-0.15, -0.1) is 0 Å². The number of carbonyl (C=O) groups is 1. The van der Waals surface area contributed by atoms with Gasteiger partial charge in [-0.25, -0.2) is 9.78 Å². The van der Waals surface area contributed by atoms with Gasteiger partial charge in [-0.05, 0) is 25.1 Å². The summed E-state index contributed by atoms with van der Waals surface area (Å²) in [5.74, 6) is 0.810. The monoisotopic (exact) mass is 425 g/mol. The molecule has 2 aromatic carbocycles. The maximum Gasteiger partial charge on any atom is 0.322 e.